The molecule has 1 heterocycles. The molecular weight excluding hydrogens is 307 g/mol. The molecule has 0 bridgehead atoms. The van der Waals surface area contributed by atoms with Crippen LogP contribution in [0.1, 0.15) is 30.7 Å². The summed E-state index contributed by atoms with van der Waals surface area (Å²) in [5, 5.41) is 4.56. The Hall–Kier alpha value is -0.770. The van der Waals surface area contributed by atoms with E-state index in [4.69, 9.17) is 23.2 Å². The Kier molecular flexibility index (Phi) is 4.43. The molecule has 3 unspecified atom stereocenters. The number of halogens is 2. The van der Waals surface area contributed by atoms with Crippen LogP contribution in [-0.2, 0) is 4.79 Å². The van der Waals surface area contributed by atoms with E-state index in [1.165, 1.54) is 0 Å². The summed E-state index contributed by atoms with van der Waals surface area (Å²) in [5.74, 6) is 0.676. The van der Waals surface area contributed by atoms with Gasteiger partial charge >= 0.3 is 0 Å². The van der Waals surface area contributed by atoms with Crippen molar-refractivity contribution in [2.45, 2.75) is 31.2 Å². The molecule has 0 radical (unpaired) electrons. The van der Waals surface area contributed by atoms with Gasteiger partial charge in [0.05, 0.1) is 0 Å². The van der Waals surface area contributed by atoms with E-state index in [-0.39, 0.29) is 17.7 Å². The van der Waals surface area contributed by atoms with Crippen LogP contribution in [-0.4, -0.2) is 37.0 Å². The van der Waals surface area contributed by atoms with Crippen molar-refractivity contribution in [2.75, 3.05) is 20.1 Å². The first-order chi connectivity index (χ1) is 10.1. The highest BCUT2D eigenvalue weighted by Gasteiger charge is 2.46. The third-order valence-electron chi connectivity index (χ3n) is 4.56. The molecule has 0 spiro atoms. The van der Waals surface area contributed by atoms with E-state index in [0.29, 0.717) is 16.1 Å². The number of likely N-dealkylation sites (N-methyl/N-ethyl adjacent to an activating group) is 1. The molecule has 21 heavy (non-hydrogen) atoms. The number of piperidine rings is 1. The van der Waals surface area contributed by atoms with Crippen LogP contribution >= 0.6 is 23.2 Å². The summed E-state index contributed by atoms with van der Waals surface area (Å²) in [4.78, 5) is 14.6. The Morgan fingerprint density at radius 3 is 2.67 bits per heavy atom. The second-order valence-electron chi connectivity index (χ2n) is 6.06. The van der Waals surface area contributed by atoms with Crippen molar-refractivity contribution < 1.29 is 4.79 Å². The molecular formula is C16H20Cl2N2O. The standard InChI is InChI=1S/C16H20Cl2N2O/c1-19-13-3-2-4-20(9-13)16(21)15-8-14(15)10-5-11(17)7-12(18)6-10/h5-7,13-15,19H,2-4,8-9H2,1H3. The summed E-state index contributed by atoms with van der Waals surface area (Å²) < 4.78 is 0. The second kappa shape index (κ2) is 6.15. The zero-order valence-corrected chi connectivity index (χ0v) is 13.6. The highest BCUT2D eigenvalue weighted by atomic mass is 35.5. The number of likely N-dealkylation sites (tertiary alicyclic amines) is 1. The number of rotatable bonds is 3. The second-order valence-corrected chi connectivity index (χ2v) is 6.94. The van der Waals surface area contributed by atoms with E-state index < -0.39 is 0 Å². The third-order valence-corrected chi connectivity index (χ3v) is 5.00. The molecule has 1 aliphatic carbocycles. The quantitative estimate of drug-likeness (QED) is 0.924. The molecule has 1 aliphatic heterocycles. The number of nitrogens with one attached hydrogen (secondary N) is 1. The van der Waals surface area contributed by atoms with Gasteiger partial charge in [-0.3, -0.25) is 4.79 Å². The molecule has 2 aliphatic rings. The predicted octanol–water partition coefficient (Wildman–Crippen LogP) is 3.31. The van der Waals surface area contributed by atoms with E-state index in [1.807, 2.05) is 24.1 Å². The summed E-state index contributed by atoms with van der Waals surface area (Å²) in [6.45, 7) is 1.71. The number of hydrogen-bond donors (Lipinski definition) is 1. The average molecular weight is 327 g/mol. The fraction of sp³-hybridized carbons (Fsp3) is 0.562. The first-order valence-corrected chi connectivity index (χ1v) is 8.26. The van der Waals surface area contributed by atoms with Crippen LogP contribution in [0.25, 0.3) is 0 Å². The van der Waals surface area contributed by atoms with Gasteiger partial charge in [0.1, 0.15) is 0 Å². The van der Waals surface area contributed by atoms with Crippen molar-refractivity contribution in [3.8, 4) is 0 Å². The lowest BCUT2D eigenvalue weighted by molar-refractivity contribution is -0.134. The monoisotopic (exact) mass is 326 g/mol. The van der Waals surface area contributed by atoms with Gasteiger partial charge in [-0.2, -0.15) is 0 Å². The smallest absolute Gasteiger partial charge is 0.226 e. The fourth-order valence-corrected chi connectivity index (χ4v) is 3.82. The van der Waals surface area contributed by atoms with Gasteiger partial charge in [-0.05, 0) is 56.0 Å². The first kappa shape index (κ1) is 15.1. The SMILES string of the molecule is CNC1CCCN(C(=O)C2CC2c2cc(Cl)cc(Cl)c2)C1. The Morgan fingerprint density at radius 2 is 2.00 bits per heavy atom. The molecule has 5 heteroatoms. The summed E-state index contributed by atoms with van der Waals surface area (Å²) in [5.41, 5.74) is 1.09. The Bertz CT molecular complexity index is 529. The fourth-order valence-electron chi connectivity index (χ4n) is 3.27. The number of nitrogens with zero attached hydrogens (tertiary/aromatic N) is 1. The molecule has 1 amide bonds. The minimum Gasteiger partial charge on any atom is -0.341 e. The Balaban J connectivity index is 1.65. The van der Waals surface area contributed by atoms with E-state index >= 15 is 0 Å². The largest absolute Gasteiger partial charge is 0.341 e. The van der Waals surface area contributed by atoms with Gasteiger partial charge in [0.25, 0.3) is 0 Å². The van der Waals surface area contributed by atoms with E-state index in [1.54, 1.807) is 6.07 Å². The minimum atomic E-state index is 0.107. The molecule has 1 saturated heterocycles. The number of benzene rings is 1. The number of amides is 1. The molecule has 3 rings (SSSR count). The molecule has 2 fully saturated rings. The van der Waals surface area contributed by atoms with Crippen LogP contribution in [0.2, 0.25) is 10.0 Å². The van der Waals surface area contributed by atoms with Gasteiger partial charge in [0.15, 0.2) is 0 Å². The number of carbonyl (C=O) groups excluding carboxylic acids is 1. The van der Waals surface area contributed by atoms with E-state index in [0.717, 1.165) is 37.9 Å². The maximum Gasteiger partial charge on any atom is 0.226 e. The highest BCUT2D eigenvalue weighted by Crippen LogP contribution is 2.49. The third kappa shape index (κ3) is 3.36. The van der Waals surface area contributed by atoms with Crippen LogP contribution in [0.3, 0.4) is 0 Å². The molecule has 3 atom stereocenters. The van der Waals surface area contributed by atoms with E-state index in [2.05, 4.69) is 5.32 Å². The molecule has 1 saturated carbocycles. The van der Waals surface area contributed by atoms with Crippen molar-refractivity contribution in [2.24, 2.45) is 5.92 Å². The van der Waals surface area contributed by atoms with Crippen LogP contribution in [0.15, 0.2) is 18.2 Å². The van der Waals surface area contributed by atoms with Crippen molar-refractivity contribution in [1.29, 1.82) is 0 Å². The Morgan fingerprint density at radius 1 is 1.29 bits per heavy atom. The van der Waals surface area contributed by atoms with Crippen molar-refractivity contribution in [1.82, 2.24) is 10.2 Å². The van der Waals surface area contributed by atoms with Crippen LogP contribution in [0.4, 0.5) is 0 Å². The molecule has 1 aromatic rings. The van der Waals surface area contributed by atoms with Gasteiger partial charge < -0.3 is 10.2 Å². The minimum absolute atomic E-state index is 0.107. The van der Waals surface area contributed by atoms with Crippen LogP contribution in [0, 0.1) is 5.92 Å². The lowest BCUT2D eigenvalue weighted by Crippen LogP contribution is -2.47. The molecule has 114 valence electrons. The lowest BCUT2D eigenvalue weighted by Gasteiger charge is -2.32. The van der Waals surface area contributed by atoms with Gasteiger partial charge in [-0.15, -0.1) is 0 Å². The molecule has 0 aromatic heterocycles. The number of carbonyl (C=O) groups is 1. The molecule has 1 aromatic carbocycles. The average Bonchev–Trinajstić information content (AvgIpc) is 3.26. The summed E-state index contributed by atoms with van der Waals surface area (Å²) >= 11 is 12.1. The van der Waals surface area contributed by atoms with Crippen molar-refractivity contribution >= 4 is 29.1 Å². The number of hydrogen-bond acceptors (Lipinski definition) is 2. The maximum absolute atomic E-state index is 12.6. The van der Waals surface area contributed by atoms with Gasteiger partial charge in [-0.25, -0.2) is 0 Å². The predicted molar refractivity (Wildman–Crippen MR) is 86.0 cm³/mol. The van der Waals surface area contributed by atoms with Crippen molar-refractivity contribution in [3.05, 3.63) is 33.8 Å². The van der Waals surface area contributed by atoms with Crippen LogP contribution < -0.4 is 5.32 Å². The highest BCUT2D eigenvalue weighted by molar-refractivity contribution is 6.34. The maximum atomic E-state index is 12.6. The normalized spacial score (nSPS) is 28.5. The zero-order chi connectivity index (χ0) is 15.0. The van der Waals surface area contributed by atoms with E-state index in [9.17, 15) is 4.79 Å². The summed E-state index contributed by atoms with van der Waals surface area (Å²) in [7, 11) is 1.96. The van der Waals surface area contributed by atoms with Gasteiger partial charge in [-0.1, -0.05) is 23.2 Å². The zero-order valence-electron chi connectivity index (χ0n) is 12.1. The topological polar surface area (TPSA) is 32.3 Å². The van der Waals surface area contributed by atoms with Gasteiger partial charge in [0.2, 0.25) is 5.91 Å². The molecule has 1 N–H and O–H groups in total. The first-order valence-electron chi connectivity index (χ1n) is 7.50. The van der Waals surface area contributed by atoms with Crippen molar-refractivity contribution in [3.63, 3.8) is 0 Å². The lowest BCUT2D eigenvalue weighted by atomic mass is 10.0. The summed E-state index contributed by atoms with van der Waals surface area (Å²) in [6.07, 6.45) is 3.14. The molecule has 3 nitrogen and oxygen atoms in total. The summed E-state index contributed by atoms with van der Waals surface area (Å²) in [6, 6.07) is 6.02. The Labute approximate surface area is 135 Å². The van der Waals surface area contributed by atoms with Crippen LogP contribution in [0.5, 0.6) is 0 Å². The van der Waals surface area contributed by atoms with Gasteiger partial charge in [0, 0.05) is 35.1 Å².